The van der Waals surface area contributed by atoms with Gasteiger partial charge < -0.3 is 19.4 Å². The Morgan fingerprint density at radius 1 is 0.923 bits per heavy atom. The molecule has 9 heteroatoms. The summed E-state index contributed by atoms with van der Waals surface area (Å²) >= 11 is 1.54. The summed E-state index contributed by atoms with van der Waals surface area (Å²) in [5.41, 5.74) is 0. The van der Waals surface area contributed by atoms with Crippen LogP contribution in [0.3, 0.4) is 0 Å². The molecular weight excluding hydrogens is 350 g/mol. The molecule has 0 unspecified atom stereocenters. The number of aromatic nitrogens is 4. The molecule has 2 aromatic heterocycles. The molecule has 3 aliphatic rings. The summed E-state index contributed by atoms with van der Waals surface area (Å²) in [5, 5.41) is 1.06. The van der Waals surface area contributed by atoms with Gasteiger partial charge in [-0.05, 0) is 18.9 Å². The lowest BCUT2D eigenvalue weighted by Gasteiger charge is -2.35. The van der Waals surface area contributed by atoms with E-state index in [1.165, 1.54) is 24.4 Å². The van der Waals surface area contributed by atoms with Gasteiger partial charge in [-0.3, -0.25) is 0 Å². The lowest BCUT2D eigenvalue weighted by molar-refractivity contribution is 0.122. The van der Waals surface area contributed by atoms with E-state index >= 15 is 0 Å². The Hall–Kier alpha value is -2.00. The van der Waals surface area contributed by atoms with Crippen LogP contribution in [0.15, 0.2) is 12.3 Å². The molecule has 5 rings (SSSR count). The minimum atomic E-state index is 0.623. The third-order valence-electron chi connectivity index (χ3n) is 5.17. The third-order valence-corrected chi connectivity index (χ3v) is 5.96. The number of hydrogen-bond donors (Lipinski definition) is 0. The highest BCUT2D eigenvalue weighted by molar-refractivity contribution is 7.09. The second-order valence-electron chi connectivity index (χ2n) is 7.00. The molecule has 0 amide bonds. The van der Waals surface area contributed by atoms with Gasteiger partial charge in [0.05, 0.1) is 13.2 Å². The zero-order valence-electron chi connectivity index (χ0n) is 14.8. The van der Waals surface area contributed by atoms with Gasteiger partial charge in [0, 0.05) is 62.9 Å². The van der Waals surface area contributed by atoms with Crippen LogP contribution in [0.25, 0.3) is 0 Å². The first kappa shape index (κ1) is 16.2. The first-order valence-electron chi connectivity index (χ1n) is 9.36. The zero-order chi connectivity index (χ0) is 17.3. The predicted molar refractivity (Wildman–Crippen MR) is 101 cm³/mol. The summed E-state index contributed by atoms with van der Waals surface area (Å²) in [4.78, 5) is 20.9. The second-order valence-corrected chi connectivity index (χ2v) is 7.73. The fraction of sp³-hybridized carbons (Fsp3) is 0.647. The van der Waals surface area contributed by atoms with Crippen molar-refractivity contribution in [1.82, 2.24) is 19.3 Å². The van der Waals surface area contributed by atoms with Crippen LogP contribution < -0.4 is 14.7 Å². The lowest BCUT2D eigenvalue weighted by atomic mass is 10.3. The molecule has 0 radical (unpaired) electrons. The predicted octanol–water partition coefficient (Wildman–Crippen LogP) is 1.37. The molecule has 0 N–H and O–H groups in total. The second kappa shape index (κ2) is 6.96. The van der Waals surface area contributed by atoms with Crippen LogP contribution in [0.2, 0.25) is 0 Å². The van der Waals surface area contributed by atoms with E-state index in [1.54, 1.807) is 0 Å². The molecule has 0 bridgehead atoms. The Balaban J connectivity index is 1.23. The van der Waals surface area contributed by atoms with Gasteiger partial charge in [-0.25, -0.2) is 9.97 Å². The number of hydrogen-bond acceptors (Lipinski definition) is 9. The summed E-state index contributed by atoms with van der Waals surface area (Å²) in [7, 11) is 0. The third kappa shape index (κ3) is 3.33. The quantitative estimate of drug-likeness (QED) is 0.796. The van der Waals surface area contributed by atoms with Crippen molar-refractivity contribution >= 4 is 28.4 Å². The van der Waals surface area contributed by atoms with E-state index in [0.717, 1.165) is 75.2 Å². The fourth-order valence-corrected chi connectivity index (χ4v) is 4.22. The monoisotopic (exact) mass is 373 g/mol. The van der Waals surface area contributed by atoms with E-state index in [-0.39, 0.29) is 0 Å². The summed E-state index contributed by atoms with van der Waals surface area (Å²) in [6.45, 7) is 7.01. The van der Waals surface area contributed by atoms with Crippen molar-refractivity contribution < 1.29 is 4.74 Å². The first-order chi connectivity index (χ1) is 12.9. The topological polar surface area (TPSA) is 70.5 Å². The van der Waals surface area contributed by atoms with Crippen molar-refractivity contribution in [3.05, 3.63) is 18.1 Å². The van der Waals surface area contributed by atoms with Crippen molar-refractivity contribution in [2.24, 2.45) is 0 Å². The van der Waals surface area contributed by atoms with Gasteiger partial charge in [0.15, 0.2) is 0 Å². The van der Waals surface area contributed by atoms with E-state index in [1.807, 2.05) is 12.3 Å². The molecule has 2 aliphatic heterocycles. The minimum Gasteiger partial charge on any atom is -0.378 e. The molecule has 0 aromatic carbocycles. The normalized spacial score (nSPS) is 21.3. The minimum absolute atomic E-state index is 0.623. The van der Waals surface area contributed by atoms with Gasteiger partial charge in [0.2, 0.25) is 11.1 Å². The Bertz CT molecular complexity index is 751. The van der Waals surface area contributed by atoms with E-state index < -0.39 is 0 Å². The molecule has 0 spiro atoms. The SMILES string of the molecule is c1cc(N2CCOCC2)nc(N2CCN(c3nc(C4CC4)ns3)CC2)n1. The Labute approximate surface area is 157 Å². The number of nitrogens with zero attached hydrogens (tertiary/aromatic N) is 7. The highest BCUT2D eigenvalue weighted by Gasteiger charge is 2.29. The largest absolute Gasteiger partial charge is 0.378 e. The van der Waals surface area contributed by atoms with Crippen LogP contribution in [0.4, 0.5) is 16.9 Å². The molecular formula is C17H23N7OS. The van der Waals surface area contributed by atoms with Crippen LogP contribution in [-0.2, 0) is 4.74 Å². The fourth-order valence-electron chi connectivity index (χ4n) is 3.42. The van der Waals surface area contributed by atoms with Crippen LogP contribution in [0.1, 0.15) is 24.6 Å². The van der Waals surface area contributed by atoms with E-state index in [2.05, 4.69) is 24.1 Å². The summed E-state index contributed by atoms with van der Waals surface area (Å²) in [5.74, 6) is 3.50. The lowest BCUT2D eigenvalue weighted by Crippen LogP contribution is -2.47. The van der Waals surface area contributed by atoms with Gasteiger partial charge >= 0.3 is 0 Å². The molecule has 8 nitrogen and oxygen atoms in total. The summed E-state index contributed by atoms with van der Waals surface area (Å²) in [6, 6.07) is 1.99. The van der Waals surface area contributed by atoms with Crippen molar-refractivity contribution in [2.75, 3.05) is 67.2 Å². The summed E-state index contributed by atoms with van der Waals surface area (Å²) < 4.78 is 9.96. The van der Waals surface area contributed by atoms with Crippen molar-refractivity contribution in [3.63, 3.8) is 0 Å². The number of rotatable bonds is 4. The average molecular weight is 373 g/mol. The van der Waals surface area contributed by atoms with Gasteiger partial charge in [0.25, 0.3) is 0 Å². The van der Waals surface area contributed by atoms with Crippen LogP contribution in [0, 0.1) is 0 Å². The van der Waals surface area contributed by atoms with Gasteiger partial charge in [-0.2, -0.15) is 9.36 Å². The van der Waals surface area contributed by atoms with Gasteiger partial charge in [-0.15, -0.1) is 0 Å². The number of morpholine rings is 1. The molecule has 3 fully saturated rings. The molecule has 1 saturated carbocycles. The molecule has 0 atom stereocenters. The van der Waals surface area contributed by atoms with Crippen LogP contribution in [0.5, 0.6) is 0 Å². The van der Waals surface area contributed by atoms with Gasteiger partial charge in [-0.1, -0.05) is 0 Å². The van der Waals surface area contributed by atoms with Crippen molar-refractivity contribution in [1.29, 1.82) is 0 Å². The zero-order valence-corrected chi connectivity index (χ0v) is 15.6. The standard InChI is InChI=1S/C17H23N7OS/c1-2-13(1)15-20-17(26-21-15)24-7-5-23(6-8-24)16-18-4-3-14(19-16)22-9-11-25-12-10-22/h3-4,13H,1-2,5-12H2. The molecule has 2 aromatic rings. The molecule has 1 aliphatic carbocycles. The number of piperazine rings is 1. The van der Waals surface area contributed by atoms with E-state index in [9.17, 15) is 0 Å². The average Bonchev–Trinajstić information content (AvgIpc) is 3.46. The maximum atomic E-state index is 5.43. The van der Waals surface area contributed by atoms with Gasteiger partial charge in [0.1, 0.15) is 11.6 Å². The molecule has 26 heavy (non-hydrogen) atoms. The van der Waals surface area contributed by atoms with Crippen LogP contribution >= 0.6 is 11.5 Å². The smallest absolute Gasteiger partial charge is 0.227 e. The molecule has 4 heterocycles. The Kier molecular flexibility index (Phi) is 4.33. The summed E-state index contributed by atoms with van der Waals surface area (Å²) in [6.07, 6.45) is 4.37. The van der Waals surface area contributed by atoms with E-state index in [4.69, 9.17) is 14.7 Å². The Morgan fingerprint density at radius 3 is 2.46 bits per heavy atom. The maximum Gasteiger partial charge on any atom is 0.227 e. The van der Waals surface area contributed by atoms with Crippen LogP contribution in [-0.4, -0.2) is 71.8 Å². The maximum absolute atomic E-state index is 5.43. The van der Waals surface area contributed by atoms with E-state index in [0.29, 0.717) is 5.92 Å². The number of ether oxygens (including phenoxy) is 1. The molecule has 138 valence electrons. The first-order valence-corrected chi connectivity index (χ1v) is 10.1. The molecule has 2 saturated heterocycles. The highest BCUT2D eigenvalue weighted by atomic mass is 32.1. The van der Waals surface area contributed by atoms with Crippen molar-refractivity contribution in [3.8, 4) is 0 Å². The number of anilines is 3. The highest BCUT2D eigenvalue weighted by Crippen LogP contribution is 2.39. The Morgan fingerprint density at radius 2 is 1.69 bits per heavy atom. The van der Waals surface area contributed by atoms with Crippen molar-refractivity contribution in [2.45, 2.75) is 18.8 Å².